The maximum absolute atomic E-state index is 11.5. The van der Waals surface area contributed by atoms with E-state index in [9.17, 15) is 14.7 Å². The summed E-state index contributed by atoms with van der Waals surface area (Å²) in [7, 11) is 1.58. The van der Waals surface area contributed by atoms with Gasteiger partial charge in [-0.15, -0.1) is 0 Å². The van der Waals surface area contributed by atoms with Crippen molar-refractivity contribution in [3.8, 4) is 5.75 Å². The van der Waals surface area contributed by atoms with Crippen LogP contribution in [0.1, 0.15) is 18.9 Å². The van der Waals surface area contributed by atoms with Gasteiger partial charge in [-0.25, -0.2) is 4.79 Å². The van der Waals surface area contributed by atoms with Gasteiger partial charge < -0.3 is 15.2 Å². The molecule has 2 N–H and O–H groups in total. The molecule has 0 saturated carbocycles. The molecule has 1 fully saturated rings. The number of carboxylic acid groups (broad SMARTS) is 1. The van der Waals surface area contributed by atoms with Crippen LogP contribution >= 0.6 is 0 Å². The topological polar surface area (TPSA) is 75.6 Å². The highest BCUT2D eigenvalue weighted by molar-refractivity contribution is 5.89. The number of nitrogens with one attached hydrogen (secondary N) is 1. The Labute approximate surface area is 111 Å². The molecule has 1 saturated heterocycles. The average molecular weight is 263 g/mol. The van der Waals surface area contributed by atoms with Gasteiger partial charge in [0.15, 0.2) is 0 Å². The van der Waals surface area contributed by atoms with E-state index in [4.69, 9.17) is 4.74 Å². The molecule has 1 heterocycles. The Kier molecular flexibility index (Phi) is 3.46. The summed E-state index contributed by atoms with van der Waals surface area (Å²) in [5, 5.41) is 11.7. The van der Waals surface area contributed by atoms with Crippen molar-refractivity contribution >= 4 is 11.9 Å². The zero-order chi connectivity index (χ0) is 14.0. The smallest absolute Gasteiger partial charge is 0.326 e. The van der Waals surface area contributed by atoms with Gasteiger partial charge >= 0.3 is 5.97 Å². The van der Waals surface area contributed by atoms with Gasteiger partial charge in [0.2, 0.25) is 5.91 Å². The number of carbonyl (C=O) groups is 2. The first-order valence-corrected chi connectivity index (χ1v) is 6.10. The number of carboxylic acids is 1. The predicted octanol–water partition coefficient (Wildman–Crippen LogP) is 1.22. The fourth-order valence-corrected chi connectivity index (χ4v) is 2.66. The predicted molar refractivity (Wildman–Crippen MR) is 69.0 cm³/mol. The second-order valence-electron chi connectivity index (χ2n) is 5.16. The number of hydrogen-bond donors (Lipinski definition) is 2. The number of amides is 1. The highest BCUT2D eigenvalue weighted by Crippen LogP contribution is 2.37. The van der Waals surface area contributed by atoms with E-state index in [-0.39, 0.29) is 12.3 Å². The summed E-state index contributed by atoms with van der Waals surface area (Å²) < 4.78 is 5.27. The van der Waals surface area contributed by atoms with E-state index in [0.29, 0.717) is 12.2 Å². The molecular formula is C14H17NO4. The lowest BCUT2D eigenvalue weighted by atomic mass is 9.77. The maximum Gasteiger partial charge on any atom is 0.326 e. The molecule has 1 aromatic carbocycles. The van der Waals surface area contributed by atoms with E-state index in [1.165, 1.54) is 0 Å². The highest BCUT2D eigenvalue weighted by atomic mass is 16.5. The molecule has 0 radical (unpaired) electrons. The quantitative estimate of drug-likeness (QED) is 0.856. The third kappa shape index (κ3) is 2.54. The standard InChI is InChI=1S/C14H17NO4/c1-14(8-11(16)15-12(14)13(17)18)7-9-5-3-4-6-10(9)19-2/h3-6,12H,7-8H2,1-2H3,(H,15,16)(H,17,18). The minimum absolute atomic E-state index is 0.210. The van der Waals surface area contributed by atoms with Gasteiger partial charge in [0, 0.05) is 11.8 Å². The molecule has 1 aliphatic rings. The molecule has 0 aliphatic carbocycles. The summed E-state index contributed by atoms with van der Waals surface area (Å²) in [4.78, 5) is 22.8. The van der Waals surface area contributed by atoms with E-state index in [1.54, 1.807) is 7.11 Å². The van der Waals surface area contributed by atoms with Gasteiger partial charge in [0.25, 0.3) is 0 Å². The fourth-order valence-electron chi connectivity index (χ4n) is 2.66. The van der Waals surface area contributed by atoms with Crippen LogP contribution in [0.4, 0.5) is 0 Å². The van der Waals surface area contributed by atoms with Crippen molar-refractivity contribution in [2.75, 3.05) is 7.11 Å². The van der Waals surface area contributed by atoms with E-state index in [1.807, 2.05) is 31.2 Å². The summed E-state index contributed by atoms with van der Waals surface area (Å²) >= 11 is 0. The van der Waals surface area contributed by atoms with Gasteiger partial charge in [-0.2, -0.15) is 0 Å². The molecule has 2 atom stereocenters. The van der Waals surface area contributed by atoms with Crippen LogP contribution in [0.3, 0.4) is 0 Å². The normalized spacial score (nSPS) is 26.0. The van der Waals surface area contributed by atoms with Crippen LogP contribution in [0.15, 0.2) is 24.3 Å². The number of hydrogen-bond acceptors (Lipinski definition) is 3. The fraction of sp³-hybridized carbons (Fsp3) is 0.429. The SMILES string of the molecule is COc1ccccc1CC1(C)CC(=O)NC1C(=O)O. The van der Waals surface area contributed by atoms with Crippen LogP contribution in [0.2, 0.25) is 0 Å². The Morgan fingerprint density at radius 1 is 1.53 bits per heavy atom. The summed E-state index contributed by atoms with van der Waals surface area (Å²) in [6.07, 6.45) is 0.689. The van der Waals surface area contributed by atoms with Crippen molar-refractivity contribution in [1.82, 2.24) is 5.32 Å². The maximum atomic E-state index is 11.5. The summed E-state index contributed by atoms with van der Waals surface area (Å²) in [6.45, 7) is 1.82. The number of carbonyl (C=O) groups excluding carboxylic acids is 1. The molecule has 2 rings (SSSR count). The lowest BCUT2D eigenvalue weighted by molar-refractivity contribution is -0.142. The zero-order valence-corrected chi connectivity index (χ0v) is 11.0. The number of benzene rings is 1. The van der Waals surface area contributed by atoms with Crippen molar-refractivity contribution in [2.24, 2.45) is 5.41 Å². The average Bonchev–Trinajstić information content (AvgIpc) is 2.65. The van der Waals surface area contributed by atoms with Crippen LogP contribution in [0.25, 0.3) is 0 Å². The molecular weight excluding hydrogens is 246 g/mol. The Hall–Kier alpha value is -2.04. The van der Waals surface area contributed by atoms with E-state index in [0.717, 1.165) is 5.56 Å². The minimum Gasteiger partial charge on any atom is -0.496 e. The third-order valence-corrected chi connectivity index (χ3v) is 3.60. The second kappa shape index (κ2) is 4.91. The van der Waals surface area contributed by atoms with Crippen LogP contribution in [0, 0.1) is 5.41 Å². The Balaban J connectivity index is 2.30. The molecule has 5 nitrogen and oxygen atoms in total. The molecule has 0 aromatic heterocycles. The molecule has 102 valence electrons. The summed E-state index contributed by atoms with van der Waals surface area (Å²) in [6, 6.07) is 6.60. The van der Waals surface area contributed by atoms with Gasteiger partial charge in [-0.05, 0) is 18.1 Å². The second-order valence-corrected chi connectivity index (χ2v) is 5.16. The highest BCUT2D eigenvalue weighted by Gasteiger charge is 2.47. The molecule has 1 aromatic rings. The van der Waals surface area contributed by atoms with Gasteiger partial charge in [0.05, 0.1) is 7.11 Å². The largest absolute Gasteiger partial charge is 0.496 e. The van der Waals surface area contributed by atoms with E-state index < -0.39 is 17.4 Å². The van der Waals surface area contributed by atoms with E-state index in [2.05, 4.69) is 5.32 Å². The Bertz CT molecular complexity index is 514. The molecule has 0 bridgehead atoms. The first-order chi connectivity index (χ1) is 8.96. The van der Waals surface area contributed by atoms with Crippen LogP contribution in [-0.4, -0.2) is 30.1 Å². The first-order valence-electron chi connectivity index (χ1n) is 6.10. The summed E-state index contributed by atoms with van der Waals surface area (Å²) in [5.74, 6) is -0.500. The minimum atomic E-state index is -0.997. The zero-order valence-electron chi connectivity index (χ0n) is 11.0. The van der Waals surface area contributed by atoms with Gasteiger partial charge in [-0.1, -0.05) is 25.1 Å². The molecule has 1 aliphatic heterocycles. The van der Waals surface area contributed by atoms with Crippen molar-refractivity contribution in [3.05, 3.63) is 29.8 Å². The molecule has 5 heteroatoms. The summed E-state index contributed by atoms with van der Waals surface area (Å²) in [5.41, 5.74) is 0.271. The van der Waals surface area contributed by atoms with Crippen LogP contribution < -0.4 is 10.1 Å². The van der Waals surface area contributed by atoms with Gasteiger partial charge in [-0.3, -0.25) is 4.79 Å². The number of para-hydroxylation sites is 1. The van der Waals surface area contributed by atoms with Crippen LogP contribution in [0.5, 0.6) is 5.75 Å². The number of ether oxygens (including phenoxy) is 1. The van der Waals surface area contributed by atoms with Crippen LogP contribution in [-0.2, 0) is 16.0 Å². The van der Waals surface area contributed by atoms with Crippen molar-refractivity contribution in [3.63, 3.8) is 0 Å². The monoisotopic (exact) mass is 263 g/mol. The number of rotatable bonds is 4. The molecule has 2 unspecified atom stereocenters. The lowest BCUT2D eigenvalue weighted by Gasteiger charge is -2.27. The molecule has 19 heavy (non-hydrogen) atoms. The first kappa shape index (κ1) is 13.4. The Morgan fingerprint density at radius 2 is 2.21 bits per heavy atom. The van der Waals surface area contributed by atoms with Gasteiger partial charge in [0.1, 0.15) is 11.8 Å². The van der Waals surface area contributed by atoms with E-state index >= 15 is 0 Å². The number of methoxy groups -OCH3 is 1. The Morgan fingerprint density at radius 3 is 2.84 bits per heavy atom. The lowest BCUT2D eigenvalue weighted by Crippen LogP contribution is -2.43. The molecule has 1 amide bonds. The number of aliphatic carboxylic acids is 1. The van der Waals surface area contributed by atoms with Crippen molar-refractivity contribution in [1.29, 1.82) is 0 Å². The van der Waals surface area contributed by atoms with Crippen molar-refractivity contribution in [2.45, 2.75) is 25.8 Å². The third-order valence-electron chi connectivity index (χ3n) is 3.60. The molecule has 0 spiro atoms. The van der Waals surface area contributed by atoms with Crippen molar-refractivity contribution < 1.29 is 19.4 Å².